The molecule has 0 saturated heterocycles. The number of fused-ring (bicyclic) bond motifs is 15. The normalized spacial score (nSPS) is 11.8. The van der Waals surface area contributed by atoms with Crippen molar-refractivity contribution in [1.82, 2.24) is 13.7 Å². The summed E-state index contributed by atoms with van der Waals surface area (Å²) in [6.07, 6.45) is 0. The van der Waals surface area contributed by atoms with Crippen molar-refractivity contribution in [2.24, 2.45) is 0 Å². The maximum absolute atomic E-state index is 2.44. The summed E-state index contributed by atoms with van der Waals surface area (Å²) < 4.78 is 12.3. The van der Waals surface area contributed by atoms with Gasteiger partial charge >= 0.3 is 0 Å². The van der Waals surface area contributed by atoms with E-state index in [2.05, 4.69) is 429 Å². The number of anilines is 9. The van der Waals surface area contributed by atoms with E-state index in [0.717, 1.165) is 84.7 Å². The second kappa shape index (κ2) is 25.9. The minimum atomic E-state index is 1.05. The van der Waals surface area contributed by atoms with Gasteiger partial charge in [-0.05, 0) is 210 Å². The highest BCUT2D eigenvalue weighted by Crippen LogP contribution is 2.51. The molecule has 0 aliphatic heterocycles. The quantitative estimate of drug-likeness (QED) is 0.108. The molecule has 5 aromatic heterocycles. The molecule has 8 heteroatoms. The molecular formula is C102H66N6S2. The Morgan fingerprint density at radius 3 is 0.964 bits per heavy atom. The van der Waals surface area contributed by atoms with Gasteiger partial charge in [0.25, 0.3) is 0 Å². The summed E-state index contributed by atoms with van der Waals surface area (Å²) >= 11 is 3.73. The molecule has 0 fully saturated rings. The van der Waals surface area contributed by atoms with E-state index >= 15 is 0 Å². The summed E-state index contributed by atoms with van der Waals surface area (Å²) in [6, 6.07) is 147. The molecule has 0 aliphatic rings. The van der Waals surface area contributed by atoms with Gasteiger partial charge in [-0.15, -0.1) is 22.7 Å². The van der Waals surface area contributed by atoms with Gasteiger partial charge < -0.3 is 28.4 Å². The molecule has 0 atom stereocenters. The Balaban J connectivity index is 0.614. The van der Waals surface area contributed by atoms with Crippen LogP contribution in [0.5, 0.6) is 0 Å². The lowest BCUT2D eigenvalue weighted by atomic mass is 9.96. The first-order chi connectivity index (χ1) is 54.6. The first-order valence-electron chi connectivity index (χ1n) is 37.5. The van der Waals surface area contributed by atoms with Crippen molar-refractivity contribution in [2.45, 2.75) is 0 Å². The predicted octanol–water partition coefficient (Wildman–Crippen LogP) is 29.5. The van der Waals surface area contributed by atoms with Gasteiger partial charge in [0.15, 0.2) is 0 Å². The number of hydrogen-bond acceptors (Lipinski definition) is 5. The number of nitrogens with zero attached hydrogens (tertiary/aromatic N) is 6. The van der Waals surface area contributed by atoms with E-state index in [1.54, 1.807) is 0 Å². The van der Waals surface area contributed by atoms with Crippen LogP contribution in [-0.2, 0) is 0 Å². The smallest absolute Gasteiger partial charge is 0.0640 e. The molecular weight excluding hydrogens is 1370 g/mol. The molecule has 22 aromatic rings. The second-order valence-corrected chi connectivity index (χ2v) is 30.4. The number of aromatic nitrogens is 3. The molecule has 0 amide bonds. The zero-order chi connectivity index (χ0) is 72.3. The molecule has 0 bridgehead atoms. The zero-order valence-electron chi connectivity index (χ0n) is 59.6. The van der Waals surface area contributed by atoms with E-state index in [4.69, 9.17) is 0 Å². The first-order valence-corrected chi connectivity index (χ1v) is 39.1. The molecule has 0 spiro atoms. The maximum Gasteiger partial charge on any atom is 0.0640 e. The van der Waals surface area contributed by atoms with Crippen molar-refractivity contribution in [3.8, 4) is 39.3 Å². The molecule has 516 valence electrons. The van der Waals surface area contributed by atoms with Gasteiger partial charge in [-0.3, -0.25) is 0 Å². The molecule has 0 aliphatic carbocycles. The van der Waals surface area contributed by atoms with Crippen LogP contribution in [0.25, 0.3) is 145 Å². The molecule has 0 saturated carbocycles. The first kappa shape index (κ1) is 63.3. The highest BCUT2D eigenvalue weighted by atomic mass is 32.1. The summed E-state index contributed by atoms with van der Waals surface area (Å²) in [5.41, 5.74) is 24.9. The lowest BCUT2D eigenvalue weighted by molar-refractivity contribution is 1.16. The van der Waals surface area contributed by atoms with E-state index in [0.29, 0.717) is 0 Å². The van der Waals surface area contributed by atoms with Crippen molar-refractivity contribution in [3.63, 3.8) is 0 Å². The molecule has 0 radical (unpaired) electrons. The summed E-state index contributed by atoms with van der Waals surface area (Å²) in [7, 11) is 0. The van der Waals surface area contributed by atoms with Crippen LogP contribution in [0.1, 0.15) is 0 Å². The van der Waals surface area contributed by atoms with Gasteiger partial charge in [0.1, 0.15) is 0 Å². The number of hydrogen-bond donors (Lipinski definition) is 0. The number of rotatable bonds is 14. The third-order valence-electron chi connectivity index (χ3n) is 22.2. The standard InChI is InChI=1S/C102H66N6S2/c1-3-22-70(23-4-1)104(96-39-21-33-87-86-31-12-19-40-98(86)109-101(87)96)75-47-42-67(43-48-75)68-44-49-76(50-45-68)105(71-24-5-2-6-25-71)97-65-63-80(100-88-32-13-20-41-99(88)110-102(97)100)69-46-64-95-89(66-69)85-30-11-18-38-94(85)108(95)79-61-55-74(56-62-79)103(72-51-57-77(58-52-72)106-90-34-14-7-26-81(90)82-27-8-15-35-91(82)106)73-53-59-78(60-54-73)107-92-36-16-9-28-83(92)84-29-10-17-37-93(84)107/h1-66H. The average Bonchev–Trinajstić information content (AvgIpc) is 1.56. The molecule has 0 N–H and O–H groups in total. The van der Waals surface area contributed by atoms with E-state index < -0.39 is 0 Å². The average molecular weight is 1440 g/mol. The molecule has 110 heavy (non-hydrogen) atoms. The Morgan fingerprint density at radius 1 is 0.191 bits per heavy atom. The van der Waals surface area contributed by atoms with Crippen LogP contribution in [0.3, 0.4) is 0 Å². The minimum Gasteiger partial charge on any atom is -0.310 e. The van der Waals surface area contributed by atoms with Crippen molar-refractivity contribution in [1.29, 1.82) is 0 Å². The highest BCUT2D eigenvalue weighted by Gasteiger charge is 2.25. The monoisotopic (exact) mass is 1440 g/mol. The Labute approximate surface area is 643 Å². The third kappa shape index (κ3) is 10.3. The van der Waals surface area contributed by atoms with Crippen LogP contribution in [0.2, 0.25) is 0 Å². The van der Waals surface area contributed by atoms with Gasteiger partial charge in [0.05, 0.1) is 53.9 Å². The van der Waals surface area contributed by atoms with E-state index in [1.807, 2.05) is 22.7 Å². The molecule has 22 rings (SSSR count). The molecule has 5 heterocycles. The van der Waals surface area contributed by atoms with E-state index in [1.165, 1.54) is 112 Å². The summed E-state index contributed by atoms with van der Waals surface area (Å²) in [4.78, 5) is 7.23. The Bertz CT molecular complexity index is 7050. The van der Waals surface area contributed by atoms with Crippen LogP contribution in [0.4, 0.5) is 51.2 Å². The summed E-state index contributed by atoms with van der Waals surface area (Å²) in [5.74, 6) is 0. The van der Waals surface area contributed by atoms with Gasteiger partial charge in [-0.25, -0.2) is 0 Å². The SMILES string of the molecule is c1ccc(N(c2ccc(-c3ccc(N(c4ccccc4)c4ccc(-c5ccc6c(c5)c5ccccc5n6-c5ccc(N(c6ccc(-n7c8ccccc8c8ccccc87)cc6)c6ccc(-n7c8ccccc8c8ccccc87)cc6)cc5)c5c4sc4ccccc45)cc3)cc2)c2cccc3c2sc2ccccc23)cc1. The lowest BCUT2D eigenvalue weighted by Crippen LogP contribution is -2.10. The number of para-hydroxylation sites is 7. The van der Waals surface area contributed by atoms with E-state index in [-0.39, 0.29) is 0 Å². The summed E-state index contributed by atoms with van der Waals surface area (Å²) in [6.45, 7) is 0. The Kier molecular flexibility index (Phi) is 14.9. The number of thiophene rings is 2. The molecule has 6 nitrogen and oxygen atoms in total. The van der Waals surface area contributed by atoms with Crippen LogP contribution >= 0.6 is 22.7 Å². The topological polar surface area (TPSA) is 24.5 Å². The van der Waals surface area contributed by atoms with Crippen molar-refractivity contribution < 1.29 is 0 Å². The zero-order valence-corrected chi connectivity index (χ0v) is 61.2. The molecule has 17 aromatic carbocycles. The fraction of sp³-hybridized carbons (Fsp3) is 0. The van der Waals surface area contributed by atoms with Crippen molar-refractivity contribution in [2.75, 3.05) is 14.7 Å². The molecule has 0 unspecified atom stereocenters. The van der Waals surface area contributed by atoms with Gasteiger partial charge in [0, 0.05) is 120 Å². The van der Waals surface area contributed by atoms with Crippen LogP contribution in [-0.4, -0.2) is 13.7 Å². The lowest BCUT2D eigenvalue weighted by Gasteiger charge is -2.27. The van der Waals surface area contributed by atoms with Gasteiger partial charge in [-0.2, -0.15) is 0 Å². The fourth-order valence-electron chi connectivity index (χ4n) is 17.3. The fourth-order valence-corrected chi connectivity index (χ4v) is 19.7. The second-order valence-electron chi connectivity index (χ2n) is 28.3. The highest BCUT2D eigenvalue weighted by molar-refractivity contribution is 7.27. The largest absolute Gasteiger partial charge is 0.310 e. The Morgan fingerprint density at radius 2 is 0.509 bits per heavy atom. The van der Waals surface area contributed by atoms with Gasteiger partial charge in [-0.1, -0.05) is 212 Å². The van der Waals surface area contributed by atoms with Crippen LogP contribution in [0, 0.1) is 0 Å². The van der Waals surface area contributed by atoms with Crippen molar-refractivity contribution in [3.05, 3.63) is 400 Å². The Hall–Kier alpha value is -14.0. The maximum atomic E-state index is 2.44. The minimum absolute atomic E-state index is 1.05. The number of benzene rings is 17. The van der Waals surface area contributed by atoms with Crippen LogP contribution in [0.15, 0.2) is 400 Å². The third-order valence-corrected chi connectivity index (χ3v) is 24.6. The van der Waals surface area contributed by atoms with Gasteiger partial charge in [0.2, 0.25) is 0 Å². The van der Waals surface area contributed by atoms with Crippen LogP contribution < -0.4 is 14.7 Å². The summed E-state index contributed by atoms with van der Waals surface area (Å²) in [5, 5.41) is 12.5. The van der Waals surface area contributed by atoms with Crippen molar-refractivity contribution >= 4 is 180 Å². The predicted molar refractivity (Wildman–Crippen MR) is 470 cm³/mol. The van der Waals surface area contributed by atoms with E-state index in [9.17, 15) is 0 Å².